The van der Waals surface area contributed by atoms with Gasteiger partial charge in [0.15, 0.2) is 11.5 Å². The summed E-state index contributed by atoms with van der Waals surface area (Å²) in [7, 11) is 1.67. The van der Waals surface area contributed by atoms with Crippen molar-refractivity contribution in [2.24, 2.45) is 5.92 Å². The number of benzene rings is 3. The van der Waals surface area contributed by atoms with Gasteiger partial charge in [0.25, 0.3) is 0 Å². The molecule has 3 heterocycles. The quantitative estimate of drug-likeness (QED) is 0.647. The van der Waals surface area contributed by atoms with Gasteiger partial charge in [-0.3, -0.25) is 0 Å². The highest BCUT2D eigenvalue weighted by molar-refractivity contribution is 5.66. The zero-order valence-electron chi connectivity index (χ0n) is 17.7. The predicted octanol–water partition coefficient (Wildman–Crippen LogP) is 4.09. The first-order valence-corrected chi connectivity index (χ1v) is 10.8. The number of hydrogen-bond acceptors (Lipinski definition) is 6. The zero-order valence-corrected chi connectivity index (χ0v) is 17.7. The molecule has 3 aliphatic rings. The van der Waals surface area contributed by atoms with Crippen molar-refractivity contribution in [3.8, 4) is 17.2 Å². The number of hydrogen-bond donors (Lipinski definition) is 2. The fraction of sp³-hybridized carbons (Fsp3) is 0.280. The summed E-state index contributed by atoms with van der Waals surface area (Å²) in [5.74, 6) is 2.41. The monoisotopic (exact) mass is 433 g/mol. The van der Waals surface area contributed by atoms with Crippen molar-refractivity contribution in [2.45, 2.75) is 18.6 Å². The number of methoxy groups -OCH3 is 1. The molecular weight excluding hydrogens is 409 g/mol. The molecule has 0 spiro atoms. The number of hydrazine groups is 1. The topological polar surface area (TPSA) is 55.0 Å². The van der Waals surface area contributed by atoms with Crippen LogP contribution in [0.15, 0.2) is 60.7 Å². The highest BCUT2D eigenvalue weighted by Gasteiger charge is 2.44. The molecule has 0 aliphatic carbocycles. The number of fused-ring (bicyclic) bond motifs is 4. The third-order valence-corrected chi connectivity index (χ3v) is 6.62. The lowest BCUT2D eigenvalue weighted by atomic mass is 9.81. The van der Waals surface area contributed by atoms with Crippen LogP contribution in [0, 0.1) is 11.7 Å². The van der Waals surface area contributed by atoms with Crippen LogP contribution in [0.5, 0.6) is 17.2 Å². The van der Waals surface area contributed by atoms with Crippen LogP contribution in [0.3, 0.4) is 0 Å². The van der Waals surface area contributed by atoms with Gasteiger partial charge in [0.1, 0.15) is 11.6 Å². The summed E-state index contributed by atoms with van der Waals surface area (Å²) in [6.07, 6.45) is 0. The Morgan fingerprint density at radius 1 is 1.00 bits per heavy atom. The van der Waals surface area contributed by atoms with Gasteiger partial charge in [-0.1, -0.05) is 24.3 Å². The summed E-state index contributed by atoms with van der Waals surface area (Å²) in [6.45, 7) is 1.66. The van der Waals surface area contributed by atoms with Gasteiger partial charge in [-0.25, -0.2) is 15.2 Å². The van der Waals surface area contributed by atoms with Crippen molar-refractivity contribution < 1.29 is 18.6 Å². The van der Waals surface area contributed by atoms with Gasteiger partial charge in [0, 0.05) is 30.8 Å². The average Bonchev–Trinajstić information content (AvgIpc) is 3.44. The summed E-state index contributed by atoms with van der Waals surface area (Å²) >= 11 is 0. The van der Waals surface area contributed by atoms with Gasteiger partial charge in [-0.05, 0) is 47.0 Å². The molecule has 6 nitrogen and oxygen atoms in total. The smallest absolute Gasteiger partial charge is 0.231 e. The Labute approximate surface area is 185 Å². The van der Waals surface area contributed by atoms with Crippen LogP contribution in [-0.4, -0.2) is 20.4 Å². The van der Waals surface area contributed by atoms with Crippen molar-refractivity contribution in [3.63, 3.8) is 0 Å². The van der Waals surface area contributed by atoms with Crippen LogP contribution in [0.25, 0.3) is 0 Å². The second kappa shape index (κ2) is 7.69. The van der Waals surface area contributed by atoms with E-state index in [0.29, 0.717) is 6.54 Å². The Hall–Kier alpha value is -3.29. The van der Waals surface area contributed by atoms with E-state index in [-0.39, 0.29) is 30.6 Å². The SMILES string of the molecule is COc1ccc(C2NNC3c4cc5c(cc4N(Cc4cccc(F)c4)CC23)OCO5)cc1. The lowest BCUT2D eigenvalue weighted by Gasteiger charge is -2.39. The molecule has 3 aromatic carbocycles. The van der Waals surface area contributed by atoms with Gasteiger partial charge in [0.2, 0.25) is 6.79 Å². The van der Waals surface area contributed by atoms with Crippen molar-refractivity contribution in [1.82, 2.24) is 10.9 Å². The molecular formula is C25H24FN3O3. The van der Waals surface area contributed by atoms with Gasteiger partial charge >= 0.3 is 0 Å². The number of nitrogens with zero attached hydrogens (tertiary/aromatic N) is 1. The predicted molar refractivity (Wildman–Crippen MR) is 118 cm³/mol. The second-order valence-electron chi connectivity index (χ2n) is 8.46. The largest absolute Gasteiger partial charge is 0.497 e. The van der Waals surface area contributed by atoms with E-state index in [4.69, 9.17) is 14.2 Å². The molecule has 0 amide bonds. The van der Waals surface area contributed by atoms with Crippen LogP contribution >= 0.6 is 0 Å². The minimum atomic E-state index is -0.219. The third kappa shape index (κ3) is 3.25. The molecule has 164 valence electrons. The first kappa shape index (κ1) is 19.4. The summed E-state index contributed by atoms with van der Waals surface area (Å²) in [5.41, 5.74) is 11.4. The van der Waals surface area contributed by atoms with Crippen LogP contribution < -0.4 is 30.0 Å². The Bertz CT molecular complexity index is 1150. The van der Waals surface area contributed by atoms with Gasteiger partial charge in [-0.15, -0.1) is 0 Å². The number of ether oxygens (including phenoxy) is 3. The van der Waals surface area contributed by atoms with E-state index >= 15 is 0 Å². The van der Waals surface area contributed by atoms with Gasteiger partial charge in [0.05, 0.1) is 19.2 Å². The molecule has 1 fully saturated rings. The molecule has 1 saturated heterocycles. The van der Waals surface area contributed by atoms with Crippen LogP contribution in [0.2, 0.25) is 0 Å². The zero-order chi connectivity index (χ0) is 21.7. The van der Waals surface area contributed by atoms with E-state index in [1.165, 1.54) is 11.6 Å². The van der Waals surface area contributed by atoms with E-state index in [1.807, 2.05) is 18.2 Å². The number of halogens is 1. The second-order valence-corrected chi connectivity index (χ2v) is 8.46. The average molecular weight is 433 g/mol. The van der Waals surface area contributed by atoms with E-state index in [0.717, 1.165) is 40.6 Å². The molecule has 3 aromatic rings. The highest BCUT2D eigenvalue weighted by atomic mass is 19.1. The molecule has 0 bridgehead atoms. The summed E-state index contributed by atoms with van der Waals surface area (Å²) in [6, 6.07) is 19.4. The van der Waals surface area contributed by atoms with E-state index < -0.39 is 0 Å². The van der Waals surface area contributed by atoms with E-state index in [2.05, 4.69) is 40.0 Å². The molecule has 3 atom stereocenters. The molecule has 2 N–H and O–H groups in total. The Morgan fingerprint density at radius 3 is 2.56 bits per heavy atom. The fourth-order valence-electron chi connectivity index (χ4n) is 5.08. The van der Waals surface area contributed by atoms with Crippen molar-refractivity contribution in [1.29, 1.82) is 0 Å². The maximum Gasteiger partial charge on any atom is 0.231 e. The van der Waals surface area contributed by atoms with E-state index in [1.54, 1.807) is 19.2 Å². The lowest BCUT2D eigenvalue weighted by molar-refractivity contribution is 0.174. The molecule has 0 aromatic heterocycles. The highest BCUT2D eigenvalue weighted by Crippen LogP contribution is 2.49. The van der Waals surface area contributed by atoms with E-state index in [9.17, 15) is 4.39 Å². The van der Waals surface area contributed by atoms with Gasteiger partial charge in [-0.2, -0.15) is 0 Å². The normalized spacial score (nSPS) is 23.1. The molecule has 6 rings (SSSR count). The molecule has 0 radical (unpaired) electrons. The number of rotatable bonds is 4. The molecule has 3 unspecified atom stereocenters. The maximum atomic E-state index is 13.9. The first-order chi connectivity index (χ1) is 15.7. The van der Waals surface area contributed by atoms with Gasteiger partial charge < -0.3 is 19.1 Å². The third-order valence-electron chi connectivity index (χ3n) is 6.62. The summed E-state index contributed by atoms with van der Waals surface area (Å²) < 4.78 is 30.5. The van der Waals surface area contributed by atoms with Crippen LogP contribution in [0.4, 0.5) is 10.1 Å². The van der Waals surface area contributed by atoms with Crippen LogP contribution in [0.1, 0.15) is 28.8 Å². The van der Waals surface area contributed by atoms with Crippen molar-refractivity contribution in [2.75, 3.05) is 25.3 Å². The molecule has 32 heavy (non-hydrogen) atoms. The summed E-state index contributed by atoms with van der Waals surface area (Å²) in [5, 5.41) is 0. The maximum absolute atomic E-state index is 13.9. The van der Waals surface area contributed by atoms with Crippen LogP contribution in [-0.2, 0) is 6.54 Å². The molecule has 0 saturated carbocycles. The summed E-state index contributed by atoms with van der Waals surface area (Å²) in [4.78, 5) is 2.32. The number of nitrogens with one attached hydrogen (secondary N) is 2. The number of anilines is 1. The van der Waals surface area contributed by atoms with Crippen molar-refractivity contribution >= 4 is 5.69 Å². The Kier molecular flexibility index (Phi) is 4.66. The fourth-order valence-corrected chi connectivity index (χ4v) is 5.08. The minimum absolute atomic E-state index is 0.121. The lowest BCUT2D eigenvalue weighted by Crippen LogP contribution is -2.39. The molecule has 7 heteroatoms. The standard InChI is InChI=1S/C25H24FN3O3/c1-30-18-7-5-16(6-8-18)24-20-13-29(12-15-3-2-4-17(26)9-15)21-11-23-22(31-14-32-23)10-19(21)25(20)28-27-24/h2-11,20,24-25,27-28H,12-14H2,1H3. The Balaban J connectivity index is 1.38. The first-order valence-electron chi connectivity index (χ1n) is 10.8. The Morgan fingerprint density at radius 2 is 1.78 bits per heavy atom. The van der Waals surface area contributed by atoms with Crippen molar-refractivity contribution in [3.05, 3.63) is 83.2 Å². The minimum Gasteiger partial charge on any atom is -0.497 e. The molecule has 3 aliphatic heterocycles.